The molecule has 1 saturated heterocycles. The van der Waals surface area contributed by atoms with E-state index in [0.717, 1.165) is 38.0 Å². The highest BCUT2D eigenvalue weighted by atomic mass is 16.3. The minimum atomic E-state index is 0.0381. The van der Waals surface area contributed by atoms with Crippen LogP contribution in [0.3, 0.4) is 0 Å². The molecule has 1 fully saturated rings. The number of hydrogen-bond acceptors (Lipinski definition) is 4. The number of hydrogen-bond donors (Lipinski definition) is 2. The first-order valence-electron chi connectivity index (χ1n) is 7.39. The fourth-order valence-corrected chi connectivity index (χ4v) is 2.82. The molecule has 4 nitrogen and oxygen atoms in total. The molecule has 1 heterocycles. The fraction of sp³-hybridized carbons (Fsp3) is 0.562. The summed E-state index contributed by atoms with van der Waals surface area (Å²) in [7, 11) is 0. The number of ketones is 1. The molecule has 20 heavy (non-hydrogen) atoms. The van der Waals surface area contributed by atoms with Crippen molar-refractivity contribution in [3.05, 3.63) is 29.3 Å². The van der Waals surface area contributed by atoms with Gasteiger partial charge in [0, 0.05) is 23.7 Å². The maximum Gasteiger partial charge on any atom is 0.159 e. The Morgan fingerprint density at radius 1 is 1.40 bits per heavy atom. The molecule has 2 N–H and O–H groups in total. The van der Waals surface area contributed by atoms with E-state index in [1.807, 2.05) is 6.07 Å². The van der Waals surface area contributed by atoms with Crippen LogP contribution in [0.1, 0.15) is 42.6 Å². The number of carbonyl (C=O) groups excluding carboxylic acids is 1. The van der Waals surface area contributed by atoms with Gasteiger partial charge in [-0.15, -0.1) is 0 Å². The van der Waals surface area contributed by atoms with Crippen LogP contribution in [0, 0.1) is 0 Å². The molecule has 0 unspecified atom stereocenters. The van der Waals surface area contributed by atoms with Gasteiger partial charge in [0.2, 0.25) is 0 Å². The van der Waals surface area contributed by atoms with Gasteiger partial charge in [0.25, 0.3) is 0 Å². The van der Waals surface area contributed by atoms with Crippen LogP contribution >= 0.6 is 0 Å². The molecule has 0 aromatic heterocycles. The first kappa shape index (κ1) is 15.0. The second-order valence-corrected chi connectivity index (χ2v) is 5.44. The second-order valence-electron chi connectivity index (χ2n) is 5.44. The summed E-state index contributed by atoms with van der Waals surface area (Å²) in [6.45, 7) is 7.47. The van der Waals surface area contributed by atoms with Gasteiger partial charge in [0.1, 0.15) is 5.75 Å². The van der Waals surface area contributed by atoms with Crippen molar-refractivity contribution in [2.75, 3.05) is 19.6 Å². The average Bonchev–Trinajstić information content (AvgIpc) is 2.47. The third-order valence-corrected chi connectivity index (χ3v) is 4.09. The first-order valence-corrected chi connectivity index (χ1v) is 7.39. The Balaban J connectivity index is 2.13. The van der Waals surface area contributed by atoms with Gasteiger partial charge in [0.15, 0.2) is 5.78 Å². The van der Waals surface area contributed by atoms with Crippen molar-refractivity contribution in [2.24, 2.45) is 0 Å². The molecule has 4 heteroatoms. The number of piperidine rings is 1. The summed E-state index contributed by atoms with van der Waals surface area (Å²) < 4.78 is 0. The highest BCUT2D eigenvalue weighted by molar-refractivity contribution is 5.94. The van der Waals surface area contributed by atoms with Gasteiger partial charge in [-0.3, -0.25) is 9.69 Å². The summed E-state index contributed by atoms with van der Waals surface area (Å²) in [5, 5.41) is 13.4. The smallest absolute Gasteiger partial charge is 0.159 e. The van der Waals surface area contributed by atoms with E-state index in [4.69, 9.17) is 0 Å². The maximum absolute atomic E-state index is 11.5. The molecule has 0 amide bonds. The van der Waals surface area contributed by atoms with E-state index in [-0.39, 0.29) is 11.5 Å². The van der Waals surface area contributed by atoms with Crippen molar-refractivity contribution in [3.63, 3.8) is 0 Å². The molecular formula is C16H24N2O2. The number of Topliss-reactive ketones (excluding diaryl/α,β-unsaturated/α-hetero) is 1. The van der Waals surface area contributed by atoms with E-state index >= 15 is 0 Å². The molecule has 0 atom stereocenters. The quantitative estimate of drug-likeness (QED) is 0.809. The molecular weight excluding hydrogens is 252 g/mol. The molecule has 0 bridgehead atoms. The van der Waals surface area contributed by atoms with Gasteiger partial charge in [-0.25, -0.2) is 0 Å². The zero-order chi connectivity index (χ0) is 14.5. The molecule has 1 aromatic carbocycles. The van der Waals surface area contributed by atoms with Gasteiger partial charge < -0.3 is 10.4 Å². The normalized spacial score (nSPS) is 16.6. The van der Waals surface area contributed by atoms with Crippen molar-refractivity contribution in [1.29, 1.82) is 0 Å². The SMILES string of the molecule is CCN(Cc1cc(C(C)=O)ccc1O)C1CCNCC1. The van der Waals surface area contributed by atoms with E-state index < -0.39 is 0 Å². The van der Waals surface area contributed by atoms with Gasteiger partial charge >= 0.3 is 0 Å². The summed E-state index contributed by atoms with van der Waals surface area (Å²) in [6.07, 6.45) is 2.28. The monoisotopic (exact) mass is 276 g/mol. The Morgan fingerprint density at radius 3 is 2.70 bits per heavy atom. The number of phenols is 1. The Kier molecular flexibility index (Phi) is 5.15. The third kappa shape index (κ3) is 3.58. The molecule has 1 aliphatic rings. The molecule has 0 aliphatic carbocycles. The topological polar surface area (TPSA) is 52.6 Å². The van der Waals surface area contributed by atoms with E-state index in [9.17, 15) is 9.90 Å². The molecule has 2 rings (SSSR count). The molecule has 1 aromatic rings. The molecule has 0 radical (unpaired) electrons. The van der Waals surface area contributed by atoms with Crippen molar-refractivity contribution in [3.8, 4) is 5.75 Å². The van der Waals surface area contributed by atoms with E-state index in [1.54, 1.807) is 19.1 Å². The first-order chi connectivity index (χ1) is 9.61. The Bertz CT molecular complexity index is 468. The van der Waals surface area contributed by atoms with Crippen LogP contribution < -0.4 is 5.32 Å². The van der Waals surface area contributed by atoms with Gasteiger partial charge in [-0.05, 0) is 57.6 Å². The minimum Gasteiger partial charge on any atom is -0.508 e. The van der Waals surface area contributed by atoms with Crippen molar-refractivity contribution in [2.45, 2.75) is 39.3 Å². The lowest BCUT2D eigenvalue weighted by molar-refractivity contribution is 0.101. The summed E-state index contributed by atoms with van der Waals surface area (Å²) in [4.78, 5) is 13.9. The molecule has 0 spiro atoms. The van der Waals surface area contributed by atoms with Crippen LogP contribution in [-0.2, 0) is 6.54 Å². The average molecular weight is 276 g/mol. The van der Waals surface area contributed by atoms with E-state index in [2.05, 4.69) is 17.1 Å². The highest BCUT2D eigenvalue weighted by Crippen LogP contribution is 2.23. The van der Waals surface area contributed by atoms with Crippen LogP contribution in [0.4, 0.5) is 0 Å². The van der Waals surface area contributed by atoms with Crippen LogP contribution in [-0.4, -0.2) is 41.5 Å². The van der Waals surface area contributed by atoms with E-state index in [1.165, 1.54) is 0 Å². The Hall–Kier alpha value is -1.39. The summed E-state index contributed by atoms with van der Waals surface area (Å²) in [5.74, 6) is 0.318. The standard InChI is InChI=1S/C16H24N2O2/c1-3-18(15-6-8-17-9-7-15)11-14-10-13(12(2)19)4-5-16(14)20/h4-5,10,15,17,20H,3,6-9,11H2,1-2H3. The molecule has 0 saturated carbocycles. The number of nitrogens with one attached hydrogen (secondary N) is 1. The number of aromatic hydroxyl groups is 1. The van der Waals surface area contributed by atoms with Crippen LogP contribution in [0.25, 0.3) is 0 Å². The summed E-state index contributed by atoms with van der Waals surface area (Å²) >= 11 is 0. The predicted molar refractivity (Wildman–Crippen MR) is 80.1 cm³/mol. The lowest BCUT2D eigenvalue weighted by atomic mass is 10.0. The Labute approximate surface area is 120 Å². The van der Waals surface area contributed by atoms with Crippen molar-refractivity contribution < 1.29 is 9.90 Å². The van der Waals surface area contributed by atoms with Crippen LogP contribution in [0.15, 0.2) is 18.2 Å². The van der Waals surface area contributed by atoms with Crippen molar-refractivity contribution in [1.82, 2.24) is 10.2 Å². The second kappa shape index (κ2) is 6.86. The Morgan fingerprint density at radius 2 is 2.10 bits per heavy atom. The number of carbonyl (C=O) groups is 1. The largest absolute Gasteiger partial charge is 0.508 e. The summed E-state index contributed by atoms with van der Waals surface area (Å²) in [6, 6.07) is 5.69. The number of rotatable bonds is 5. The number of nitrogens with zero attached hydrogens (tertiary/aromatic N) is 1. The van der Waals surface area contributed by atoms with Crippen LogP contribution in [0.2, 0.25) is 0 Å². The van der Waals surface area contributed by atoms with Gasteiger partial charge in [-0.2, -0.15) is 0 Å². The highest BCUT2D eigenvalue weighted by Gasteiger charge is 2.20. The third-order valence-electron chi connectivity index (χ3n) is 4.09. The minimum absolute atomic E-state index is 0.0381. The number of benzene rings is 1. The summed E-state index contributed by atoms with van der Waals surface area (Å²) in [5.41, 5.74) is 1.51. The molecule has 110 valence electrons. The lowest BCUT2D eigenvalue weighted by Crippen LogP contribution is -2.42. The maximum atomic E-state index is 11.5. The van der Waals surface area contributed by atoms with E-state index in [0.29, 0.717) is 18.2 Å². The molecule has 1 aliphatic heterocycles. The lowest BCUT2D eigenvalue weighted by Gasteiger charge is -2.34. The van der Waals surface area contributed by atoms with Gasteiger partial charge in [0.05, 0.1) is 0 Å². The van der Waals surface area contributed by atoms with Gasteiger partial charge in [-0.1, -0.05) is 6.92 Å². The fourth-order valence-electron chi connectivity index (χ4n) is 2.82. The zero-order valence-corrected chi connectivity index (χ0v) is 12.4. The predicted octanol–water partition coefficient (Wildman–Crippen LogP) is 2.17. The van der Waals surface area contributed by atoms with Crippen LogP contribution in [0.5, 0.6) is 5.75 Å². The zero-order valence-electron chi connectivity index (χ0n) is 12.4. The van der Waals surface area contributed by atoms with Crippen molar-refractivity contribution >= 4 is 5.78 Å². The number of phenolic OH excluding ortho intramolecular Hbond substituents is 1.